The number of rotatable bonds is 8. The Morgan fingerprint density at radius 2 is 1.72 bits per heavy atom. The number of nitrogens with one attached hydrogen (secondary N) is 1. The van der Waals surface area contributed by atoms with Gasteiger partial charge in [-0.2, -0.15) is 0 Å². The van der Waals surface area contributed by atoms with Crippen molar-refractivity contribution in [3.63, 3.8) is 0 Å². The molecule has 29 heavy (non-hydrogen) atoms. The molecule has 0 radical (unpaired) electrons. The maximum Gasteiger partial charge on any atom is 0.410 e. The lowest BCUT2D eigenvalue weighted by molar-refractivity contribution is -0.146. The number of carbonyl (C=O) groups excluding carboxylic acids is 3. The zero-order chi connectivity index (χ0) is 22.0. The van der Waals surface area contributed by atoms with E-state index in [1.807, 2.05) is 37.3 Å². The van der Waals surface area contributed by atoms with Crippen molar-refractivity contribution in [2.75, 3.05) is 20.2 Å². The Hall–Kier alpha value is -2.77. The molecular weight excluding hydrogens is 376 g/mol. The number of amides is 2. The van der Waals surface area contributed by atoms with Gasteiger partial charge in [-0.1, -0.05) is 37.3 Å². The van der Waals surface area contributed by atoms with Gasteiger partial charge in [-0.15, -0.1) is 0 Å². The summed E-state index contributed by atoms with van der Waals surface area (Å²) in [5, 5.41) is 2.67. The Kier molecular flexibility index (Phi) is 9.44. The van der Waals surface area contributed by atoms with Crippen LogP contribution >= 0.6 is 0 Å². The van der Waals surface area contributed by atoms with Crippen LogP contribution in [-0.2, 0) is 25.6 Å². The summed E-state index contributed by atoms with van der Waals surface area (Å²) in [4.78, 5) is 37.7. The number of hydrogen-bond donors (Lipinski definition) is 1. The fourth-order valence-electron chi connectivity index (χ4n) is 2.46. The zero-order valence-electron chi connectivity index (χ0n) is 18.1. The molecule has 0 heterocycles. The molecule has 8 nitrogen and oxygen atoms in total. The standard InChI is InChI=1S/C21H32N2O6/c1-15(12-22-19(25)29-21(3,4)5)13-23(16(2)18(24)27-6)20(26)28-14-17-10-8-7-9-11-17/h7-11,15-16H,12-14H2,1-6H3,(H,22,25)/t15?,16-/m1/s1. The molecule has 2 atom stereocenters. The Balaban J connectivity index is 2.69. The third-order valence-electron chi connectivity index (χ3n) is 3.95. The van der Waals surface area contributed by atoms with Crippen LogP contribution in [0.5, 0.6) is 0 Å². The molecule has 8 heteroatoms. The second-order valence-electron chi connectivity index (χ2n) is 7.88. The number of hydrogen-bond acceptors (Lipinski definition) is 6. The predicted octanol–water partition coefficient (Wildman–Crippen LogP) is 3.35. The van der Waals surface area contributed by atoms with Crippen LogP contribution in [-0.4, -0.2) is 54.9 Å². The van der Waals surface area contributed by atoms with Gasteiger partial charge < -0.3 is 19.5 Å². The summed E-state index contributed by atoms with van der Waals surface area (Å²) >= 11 is 0. The number of esters is 1. The molecule has 162 valence electrons. The molecule has 1 rings (SSSR count). The molecule has 0 bridgehead atoms. The lowest BCUT2D eigenvalue weighted by Gasteiger charge is -2.29. The summed E-state index contributed by atoms with van der Waals surface area (Å²) in [5.41, 5.74) is 0.242. The van der Waals surface area contributed by atoms with Gasteiger partial charge in [0.15, 0.2) is 0 Å². The third-order valence-corrected chi connectivity index (χ3v) is 3.95. The van der Waals surface area contributed by atoms with Crippen molar-refractivity contribution in [1.82, 2.24) is 10.2 Å². The highest BCUT2D eigenvalue weighted by Gasteiger charge is 2.29. The smallest absolute Gasteiger partial charge is 0.410 e. The van der Waals surface area contributed by atoms with Crippen molar-refractivity contribution in [2.24, 2.45) is 5.92 Å². The average molecular weight is 408 g/mol. The van der Waals surface area contributed by atoms with Gasteiger partial charge in [-0.25, -0.2) is 14.4 Å². The first-order chi connectivity index (χ1) is 13.5. The molecular formula is C21H32N2O6. The van der Waals surface area contributed by atoms with E-state index in [4.69, 9.17) is 14.2 Å². The lowest BCUT2D eigenvalue weighted by Crippen LogP contribution is -2.47. The van der Waals surface area contributed by atoms with E-state index in [1.54, 1.807) is 27.7 Å². The average Bonchev–Trinajstić information content (AvgIpc) is 2.67. The number of alkyl carbamates (subject to hydrolysis) is 1. The third kappa shape index (κ3) is 9.32. The van der Waals surface area contributed by atoms with Crippen LogP contribution in [0.2, 0.25) is 0 Å². The first-order valence-electron chi connectivity index (χ1n) is 9.55. The monoisotopic (exact) mass is 408 g/mol. The highest BCUT2D eigenvalue weighted by atomic mass is 16.6. The number of nitrogens with zero attached hydrogens (tertiary/aromatic N) is 1. The number of ether oxygens (including phenoxy) is 3. The van der Waals surface area contributed by atoms with Crippen molar-refractivity contribution in [2.45, 2.75) is 52.9 Å². The predicted molar refractivity (Wildman–Crippen MR) is 108 cm³/mol. The van der Waals surface area contributed by atoms with Gasteiger partial charge in [0, 0.05) is 13.1 Å². The van der Waals surface area contributed by atoms with E-state index in [0.717, 1.165) is 5.56 Å². The van der Waals surface area contributed by atoms with Crippen molar-refractivity contribution >= 4 is 18.2 Å². The molecule has 1 unspecified atom stereocenters. The van der Waals surface area contributed by atoms with Gasteiger partial charge in [0.05, 0.1) is 7.11 Å². The van der Waals surface area contributed by atoms with E-state index in [2.05, 4.69) is 5.32 Å². The van der Waals surface area contributed by atoms with E-state index in [0.29, 0.717) is 0 Å². The normalized spacial score (nSPS) is 13.0. The maximum atomic E-state index is 12.6. The molecule has 0 spiro atoms. The number of benzene rings is 1. The van der Waals surface area contributed by atoms with Crippen molar-refractivity contribution < 1.29 is 28.6 Å². The first-order valence-corrected chi connectivity index (χ1v) is 9.55. The van der Waals surface area contributed by atoms with Gasteiger partial charge >= 0.3 is 18.2 Å². The van der Waals surface area contributed by atoms with Crippen LogP contribution in [0, 0.1) is 5.92 Å². The molecule has 0 aliphatic heterocycles. The molecule has 0 saturated carbocycles. The number of carbonyl (C=O) groups is 3. The van der Waals surface area contributed by atoms with E-state index in [-0.39, 0.29) is 25.6 Å². The molecule has 0 aromatic heterocycles. The summed E-state index contributed by atoms with van der Waals surface area (Å²) in [7, 11) is 1.26. The molecule has 0 saturated heterocycles. The first kappa shape index (κ1) is 24.3. The minimum Gasteiger partial charge on any atom is -0.467 e. The van der Waals surface area contributed by atoms with Gasteiger partial charge in [-0.3, -0.25) is 4.90 Å². The molecule has 1 aromatic rings. The van der Waals surface area contributed by atoms with Crippen LogP contribution in [0.25, 0.3) is 0 Å². The van der Waals surface area contributed by atoms with E-state index < -0.39 is 29.8 Å². The minimum atomic E-state index is -0.827. The minimum absolute atomic E-state index is 0.0919. The summed E-state index contributed by atoms with van der Waals surface area (Å²) in [6, 6.07) is 8.43. The second kappa shape index (κ2) is 11.3. The lowest BCUT2D eigenvalue weighted by atomic mass is 10.1. The van der Waals surface area contributed by atoms with Gasteiger partial charge in [0.25, 0.3) is 0 Å². The van der Waals surface area contributed by atoms with Gasteiger partial charge in [0.1, 0.15) is 18.2 Å². The van der Waals surface area contributed by atoms with Crippen LogP contribution < -0.4 is 5.32 Å². The Bertz CT molecular complexity index is 671. The van der Waals surface area contributed by atoms with Crippen molar-refractivity contribution in [3.05, 3.63) is 35.9 Å². The number of methoxy groups -OCH3 is 1. The van der Waals surface area contributed by atoms with E-state index in [1.165, 1.54) is 12.0 Å². The second-order valence-corrected chi connectivity index (χ2v) is 7.88. The van der Waals surface area contributed by atoms with Gasteiger partial charge in [0.2, 0.25) is 0 Å². The summed E-state index contributed by atoms with van der Waals surface area (Å²) in [6.07, 6.45) is -1.17. The summed E-state index contributed by atoms with van der Waals surface area (Å²) < 4.78 is 15.3. The quantitative estimate of drug-likeness (QED) is 0.524. The van der Waals surface area contributed by atoms with Crippen LogP contribution in [0.1, 0.15) is 40.2 Å². The zero-order valence-corrected chi connectivity index (χ0v) is 18.1. The molecule has 0 aliphatic carbocycles. The topological polar surface area (TPSA) is 94.2 Å². The molecule has 2 amide bonds. The van der Waals surface area contributed by atoms with E-state index in [9.17, 15) is 14.4 Å². The SMILES string of the molecule is COC(=O)[C@@H](C)N(CC(C)CNC(=O)OC(C)(C)C)C(=O)OCc1ccccc1. The Morgan fingerprint density at radius 1 is 1.10 bits per heavy atom. The van der Waals surface area contributed by atoms with Crippen LogP contribution in [0.3, 0.4) is 0 Å². The molecule has 1 N–H and O–H groups in total. The maximum absolute atomic E-state index is 12.6. The molecule has 0 fully saturated rings. The highest BCUT2D eigenvalue weighted by Crippen LogP contribution is 2.11. The fraction of sp³-hybridized carbons (Fsp3) is 0.571. The van der Waals surface area contributed by atoms with E-state index >= 15 is 0 Å². The van der Waals surface area contributed by atoms with Crippen LogP contribution in [0.15, 0.2) is 30.3 Å². The van der Waals surface area contributed by atoms with Gasteiger partial charge in [-0.05, 0) is 39.2 Å². The molecule has 0 aliphatic rings. The Morgan fingerprint density at radius 3 is 2.28 bits per heavy atom. The van der Waals surface area contributed by atoms with Crippen LogP contribution in [0.4, 0.5) is 9.59 Å². The van der Waals surface area contributed by atoms with Crippen molar-refractivity contribution in [1.29, 1.82) is 0 Å². The summed E-state index contributed by atoms with van der Waals surface area (Å²) in [6.45, 7) is 9.30. The van der Waals surface area contributed by atoms with Crippen molar-refractivity contribution in [3.8, 4) is 0 Å². The fourth-order valence-corrected chi connectivity index (χ4v) is 2.46. The molecule has 1 aromatic carbocycles. The Labute approximate surface area is 172 Å². The summed E-state index contributed by atoms with van der Waals surface area (Å²) in [5.74, 6) is -0.701. The largest absolute Gasteiger partial charge is 0.467 e. The highest BCUT2D eigenvalue weighted by molar-refractivity contribution is 5.81.